The van der Waals surface area contributed by atoms with Gasteiger partial charge in [0.1, 0.15) is 0 Å². The zero-order valence-electron chi connectivity index (χ0n) is 17.3. The van der Waals surface area contributed by atoms with E-state index in [9.17, 15) is 4.79 Å². The maximum Gasteiger partial charge on any atom is 0.313 e. The molecule has 28 heavy (non-hydrogen) atoms. The second kappa shape index (κ2) is 8.51. The average molecular weight is 391 g/mol. The van der Waals surface area contributed by atoms with E-state index in [-0.39, 0.29) is 11.4 Å². The van der Waals surface area contributed by atoms with Crippen LogP contribution >= 0.6 is 0 Å². The van der Waals surface area contributed by atoms with Crippen LogP contribution in [0.1, 0.15) is 38.2 Å². The van der Waals surface area contributed by atoms with Gasteiger partial charge in [0, 0.05) is 51.0 Å². The van der Waals surface area contributed by atoms with Gasteiger partial charge in [-0.05, 0) is 45.1 Å². The van der Waals surface area contributed by atoms with Crippen molar-refractivity contribution in [1.82, 2.24) is 19.6 Å². The highest BCUT2D eigenvalue weighted by Gasteiger charge is 2.53. The second-order valence-corrected chi connectivity index (χ2v) is 8.67. The van der Waals surface area contributed by atoms with E-state index in [1.54, 1.807) is 0 Å². The lowest BCUT2D eigenvalue weighted by molar-refractivity contribution is -0.170. The first-order valence-corrected chi connectivity index (χ1v) is 10.8. The van der Waals surface area contributed by atoms with Gasteiger partial charge in [-0.1, -0.05) is 0 Å². The van der Waals surface area contributed by atoms with Gasteiger partial charge in [-0.15, -0.1) is 0 Å². The lowest BCUT2D eigenvalue weighted by atomic mass is 9.61. The summed E-state index contributed by atoms with van der Waals surface area (Å²) in [5, 5.41) is 4.29. The number of likely N-dealkylation sites (tertiary alicyclic amines) is 1. The van der Waals surface area contributed by atoms with Gasteiger partial charge in [0.2, 0.25) is 0 Å². The molecule has 0 spiro atoms. The summed E-state index contributed by atoms with van der Waals surface area (Å²) in [6, 6.07) is 0.585. The van der Waals surface area contributed by atoms with Crippen LogP contribution in [0.5, 0.6) is 0 Å². The summed E-state index contributed by atoms with van der Waals surface area (Å²) in [5.74, 6) is 0.439. The first kappa shape index (κ1) is 19.9. The highest BCUT2D eigenvalue weighted by atomic mass is 16.5. The van der Waals surface area contributed by atoms with Gasteiger partial charge in [0.25, 0.3) is 0 Å². The number of carbonyl (C=O) groups is 1. The Morgan fingerprint density at radius 2 is 2.14 bits per heavy atom. The molecular weight excluding hydrogens is 356 g/mol. The van der Waals surface area contributed by atoms with Crippen molar-refractivity contribution in [3.63, 3.8) is 0 Å². The molecule has 7 heteroatoms. The third-order valence-corrected chi connectivity index (χ3v) is 6.97. The van der Waals surface area contributed by atoms with Gasteiger partial charge in [0.05, 0.1) is 31.4 Å². The Hall–Kier alpha value is -1.44. The summed E-state index contributed by atoms with van der Waals surface area (Å²) in [7, 11) is 1.95. The molecule has 3 atom stereocenters. The normalized spacial score (nSPS) is 32.1. The van der Waals surface area contributed by atoms with E-state index in [1.165, 1.54) is 5.56 Å². The van der Waals surface area contributed by atoms with Crippen LogP contribution in [0.25, 0.3) is 0 Å². The number of nitrogens with zero attached hydrogens (tertiary/aromatic N) is 4. The standard InChI is InChI=1S/C21H34N4O3/c1-3-28-20(26)21-6-4-19(25-8-10-27-11-9-25)12-18(21)5-7-24(16-21)15-17-13-22-23(2)14-17/h13-14,18-19H,3-12,15-16H2,1-2H3/t18-,19+,21-/m1/s1. The third-order valence-electron chi connectivity index (χ3n) is 6.97. The molecular formula is C21H34N4O3. The van der Waals surface area contributed by atoms with E-state index in [4.69, 9.17) is 9.47 Å². The van der Waals surface area contributed by atoms with Crippen LogP contribution in [0.15, 0.2) is 12.4 Å². The van der Waals surface area contributed by atoms with Crippen molar-refractivity contribution in [2.45, 2.75) is 45.2 Å². The largest absolute Gasteiger partial charge is 0.466 e. The van der Waals surface area contributed by atoms with Crippen LogP contribution in [-0.2, 0) is 27.9 Å². The first-order chi connectivity index (χ1) is 13.6. The number of aryl methyl sites for hydroxylation is 1. The van der Waals surface area contributed by atoms with E-state index >= 15 is 0 Å². The number of esters is 1. The van der Waals surface area contributed by atoms with Crippen LogP contribution in [0, 0.1) is 11.3 Å². The van der Waals surface area contributed by atoms with E-state index in [2.05, 4.69) is 21.1 Å². The molecule has 3 fully saturated rings. The van der Waals surface area contributed by atoms with Crippen LogP contribution in [0.2, 0.25) is 0 Å². The molecule has 1 aromatic rings. The molecule has 1 aliphatic carbocycles. The molecule has 1 saturated carbocycles. The molecule has 0 radical (unpaired) electrons. The predicted octanol–water partition coefficient (Wildman–Crippen LogP) is 1.68. The van der Waals surface area contributed by atoms with E-state index < -0.39 is 0 Å². The molecule has 0 aromatic carbocycles. The quantitative estimate of drug-likeness (QED) is 0.713. The Bertz CT molecular complexity index is 672. The number of fused-ring (bicyclic) bond motifs is 1. The van der Waals surface area contributed by atoms with Crippen LogP contribution in [0.3, 0.4) is 0 Å². The Labute approximate surface area is 167 Å². The van der Waals surface area contributed by atoms with Crippen molar-refractivity contribution in [1.29, 1.82) is 0 Å². The Balaban J connectivity index is 1.48. The Morgan fingerprint density at radius 3 is 2.86 bits per heavy atom. The molecule has 0 unspecified atom stereocenters. The summed E-state index contributed by atoms with van der Waals surface area (Å²) in [5.41, 5.74) is 0.862. The fourth-order valence-electron chi connectivity index (χ4n) is 5.55. The molecule has 3 heterocycles. The van der Waals surface area contributed by atoms with Gasteiger partial charge in [-0.3, -0.25) is 19.3 Å². The molecule has 0 bridgehead atoms. The minimum atomic E-state index is -0.348. The van der Waals surface area contributed by atoms with Crippen molar-refractivity contribution in [3.05, 3.63) is 18.0 Å². The molecule has 2 saturated heterocycles. The smallest absolute Gasteiger partial charge is 0.313 e. The van der Waals surface area contributed by atoms with Crippen LogP contribution in [-0.4, -0.2) is 77.6 Å². The topological polar surface area (TPSA) is 59.8 Å². The molecule has 3 aliphatic rings. The maximum atomic E-state index is 13.1. The molecule has 1 aromatic heterocycles. The number of carbonyl (C=O) groups excluding carboxylic acids is 1. The number of aromatic nitrogens is 2. The van der Waals surface area contributed by atoms with E-state index in [0.717, 1.165) is 71.6 Å². The zero-order valence-corrected chi connectivity index (χ0v) is 17.3. The molecule has 0 amide bonds. The van der Waals surface area contributed by atoms with Crippen molar-refractivity contribution in [3.8, 4) is 0 Å². The predicted molar refractivity (Wildman–Crippen MR) is 106 cm³/mol. The third kappa shape index (κ3) is 3.98. The van der Waals surface area contributed by atoms with Gasteiger partial charge in [-0.2, -0.15) is 5.10 Å². The molecule has 2 aliphatic heterocycles. The van der Waals surface area contributed by atoms with Crippen molar-refractivity contribution >= 4 is 5.97 Å². The number of ether oxygens (including phenoxy) is 2. The summed E-state index contributed by atoms with van der Waals surface area (Å²) >= 11 is 0. The maximum absolute atomic E-state index is 13.1. The number of rotatable bonds is 5. The van der Waals surface area contributed by atoms with Gasteiger partial charge in [-0.25, -0.2) is 0 Å². The first-order valence-electron chi connectivity index (χ1n) is 10.8. The number of hydrogen-bond acceptors (Lipinski definition) is 6. The lowest BCUT2D eigenvalue weighted by Gasteiger charge is -2.52. The van der Waals surface area contributed by atoms with E-state index in [1.807, 2.05) is 24.9 Å². The Morgan fingerprint density at radius 1 is 1.32 bits per heavy atom. The van der Waals surface area contributed by atoms with Crippen molar-refractivity contribution < 1.29 is 14.3 Å². The summed E-state index contributed by atoms with van der Waals surface area (Å²) in [6.07, 6.45) is 8.19. The minimum absolute atomic E-state index is 0.0244. The SMILES string of the molecule is CCOC(=O)[C@@]12CC[C@H](N3CCOCC3)C[C@H]1CCN(Cc1cnn(C)c1)C2. The number of morpholine rings is 1. The number of hydrogen-bond donors (Lipinski definition) is 0. The highest BCUT2D eigenvalue weighted by molar-refractivity contribution is 5.78. The fraction of sp³-hybridized carbons (Fsp3) is 0.810. The van der Waals surface area contributed by atoms with Crippen molar-refractivity contribution in [2.75, 3.05) is 46.0 Å². The zero-order chi connectivity index (χ0) is 19.6. The molecule has 0 N–H and O–H groups in total. The average Bonchev–Trinajstić information content (AvgIpc) is 3.13. The van der Waals surface area contributed by atoms with Gasteiger partial charge >= 0.3 is 5.97 Å². The Kier molecular flexibility index (Phi) is 6.04. The van der Waals surface area contributed by atoms with E-state index in [0.29, 0.717) is 18.6 Å². The molecule has 156 valence electrons. The van der Waals surface area contributed by atoms with Gasteiger partial charge in [0.15, 0.2) is 0 Å². The number of piperidine rings is 1. The fourth-order valence-corrected chi connectivity index (χ4v) is 5.55. The monoisotopic (exact) mass is 390 g/mol. The molecule has 4 rings (SSSR count). The van der Waals surface area contributed by atoms with Crippen molar-refractivity contribution in [2.24, 2.45) is 18.4 Å². The highest BCUT2D eigenvalue weighted by Crippen LogP contribution is 2.48. The summed E-state index contributed by atoms with van der Waals surface area (Å²) in [6.45, 7) is 8.80. The van der Waals surface area contributed by atoms with Gasteiger partial charge < -0.3 is 9.47 Å². The molecule has 7 nitrogen and oxygen atoms in total. The lowest BCUT2D eigenvalue weighted by Crippen LogP contribution is -2.58. The second-order valence-electron chi connectivity index (χ2n) is 8.67. The van der Waals surface area contributed by atoms with Crippen LogP contribution < -0.4 is 0 Å². The summed E-state index contributed by atoms with van der Waals surface area (Å²) < 4.78 is 13.0. The summed E-state index contributed by atoms with van der Waals surface area (Å²) in [4.78, 5) is 18.2. The van der Waals surface area contributed by atoms with Crippen LogP contribution in [0.4, 0.5) is 0 Å². The minimum Gasteiger partial charge on any atom is -0.466 e.